The molecule has 166 valence electrons. The number of aliphatic hydroxyl groups excluding tert-OH is 1. The van der Waals surface area contributed by atoms with Gasteiger partial charge in [0.1, 0.15) is 11.2 Å². The molecule has 31 heavy (non-hydrogen) atoms. The summed E-state index contributed by atoms with van der Waals surface area (Å²) in [6.45, 7) is 4.36. The summed E-state index contributed by atoms with van der Waals surface area (Å²) < 4.78 is 0. The molecular weight excluding hydrogens is 416 g/mol. The molecule has 4 rings (SSSR count). The van der Waals surface area contributed by atoms with E-state index in [0.717, 1.165) is 6.42 Å². The van der Waals surface area contributed by atoms with Crippen LogP contribution in [0.3, 0.4) is 0 Å². The summed E-state index contributed by atoms with van der Waals surface area (Å²) in [4.78, 5) is 38.3. The van der Waals surface area contributed by atoms with Gasteiger partial charge in [-0.3, -0.25) is 14.4 Å². The average molecular weight is 445 g/mol. The maximum Gasteiger partial charge on any atom is 0.241 e. The molecule has 3 aliphatic rings. The van der Waals surface area contributed by atoms with E-state index < -0.39 is 23.0 Å². The maximum absolute atomic E-state index is 13.2. The van der Waals surface area contributed by atoms with Gasteiger partial charge in [-0.25, -0.2) is 0 Å². The predicted octanol–water partition coefficient (Wildman–Crippen LogP) is 1.56. The van der Waals surface area contributed by atoms with Crippen molar-refractivity contribution < 1.29 is 19.5 Å². The zero-order chi connectivity index (χ0) is 22.4. The van der Waals surface area contributed by atoms with E-state index in [1.165, 1.54) is 0 Å². The number of Topliss-reactive ketones (excluding diaryl/α,β-unsaturated/α-hetero) is 1. The van der Waals surface area contributed by atoms with Gasteiger partial charge in [0.2, 0.25) is 11.8 Å². The number of para-hydroxylation sites is 2. The van der Waals surface area contributed by atoms with E-state index in [0.29, 0.717) is 37.2 Å². The van der Waals surface area contributed by atoms with Gasteiger partial charge >= 0.3 is 0 Å². The highest BCUT2D eigenvalue weighted by Gasteiger charge is 2.68. The van der Waals surface area contributed by atoms with Crippen LogP contribution in [0.25, 0.3) is 0 Å². The standard InChI is InChI=1S/C22H28N4O4S/c1-21(2)12-7-8-22(21,17(28)9-12)19(30)26-20(31)25-15-6-4-3-5-14(15)24-18(29)16-10-13(27)11-23-16/h3-6,12-13,16,23,27H,7-11H2,1-2H3,(H,24,29)(H2,25,26,30,31)/t12-,13-,16+,22-/m1/s1. The fraction of sp³-hybridized carbons (Fsp3) is 0.545. The van der Waals surface area contributed by atoms with Crippen LogP contribution in [0.2, 0.25) is 0 Å². The maximum atomic E-state index is 13.2. The molecule has 1 heterocycles. The number of amides is 2. The van der Waals surface area contributed by atoms with Crippen molar-refractivity contribution in [1.82, 2.24) is 10.6 Å². The molecule has 2 amide bonds. The Morgan fingerprint density at radius 3 is 2.42 bits per heavy atom. The number of nitrogens with one attached hydrogen (secondary N) is 4. The van der Waals surface area contributed by atoms with Crippen molar-refractivity contribution in [3.8, 4) is 0 Å². The first kappa shape index (κ1) is 21.9. The van der Waals surface area contributed by atoms with Crippen LogP contribution in [0.15, 0.2) is 24.3 Å². The lowest BCUT2D eigenvalue weighted by molar-refractivity contribution is -0.143. The lowest BCUT2D eigenvalue weighted by Crippen LogP contribution is -2.52. The minimum Gasteiger partial charge on any atom is -0.392 e. The van der Waals surface area contributed by atoms with Crippen LogP contribution in [0.1, 0.15) is 39.5 Å². The predicted molar refractivity (Wildman–Crippen MR) is 120 cm³/mol. The number of hydrogen-bond acceptors (Lipinski definition) is 6. The first-order valence-corrected chi connectivity index (χ1v) is 11.0. The molecule has 0 radical (unpaired) electrons. The van der Waals surface area contributed by atoms with Crippen LogP contribution >= 0.6 is 12.2 Å². The number of fused-ring (bicyclic) bond motifs is 2. The van der Waals surface area contributed by atoms with E-state index in [1.807, 2.05) is 13.8 Å². The van der Waals surface area contributed by atoms with Crippen molar-refractivity contribution in [2.75, 3.05) is 17.2 Å². The van der Waals surface area contributed by atoms with Gasteiger partial charge in [0, 0.05) is 13.0 Å². The van der Waals surface area contributed by atoms with E-state index in [4.69, 9.17) is 12.2 Å². The van der Waals surface area contributed by atoms with E-state index in [1.54, 1.807) is 24.3 Å². The molecule has 5 N–H and O–H groups in total. The zero-order valence-corrected chi connectivity index (χ0v) is 18.5. The van der Waals surface area contributed by atoms with Crippen LogP contribution in [-0.4, -0.2) is 46.5 Å². The first-order valence-electron chi connectivity index (χ1n) is 10.6. The fourth-order valence-electron chi connectivity index (χ4n) is 5.41. The monoisotopic (exact) mass is 444 g/mol. The third kappa shape index (κ3) is 3.64. The van der Waals surface area contributed by atoms with Gasteiger partial charge in [-0.1, -0.05) is 26.0 Å². The molecule has 1 aliphatic heterocycles. The second kappa shape index (κ2) is 7.96. The number of β-amino-alcohol motifs (C(OH)–C–C–N with tert-alkyl or cyclic N) is 1. The van der Waals surface area contributed by atoms with Gasteiger partial charge in [0.05, 0.1) is 23.5 Å². The highest BCUT2D eigenvalue weighted by atomic mass is 32.1. The number of thiocarbonyl (C=S) groups is 1. The lowest BCUT2D eigenvalue weighted by Gasteiger charge is -2.34. The number of anilines is 2. The molecule has 0 aromatic heterocycles. The highest BCUT2D eigenvalue weighted by molar-refractivity contribution is 7.80. The molecule has 2 bridgehead atoms. The Balaban J connectivity index is 1.43. The number of hydrogen-bond donors (Lipinski definition) is 5. The van der Waals surface area contributed by atoms with Crippen molar-refractivity contribution in [2.45, 2.75) is 51.7 Å². The summed E-state index contributed by atoms with van der Waals surface area (Å²) in [5, 5.41) is 21.2. The van der Waals surface area contributed by atoms with Gasteiger partial charge in [-0.05, 0) is 54.9 Å². The molecule has 4 atom stereocenters. The Labute approximate surface area is 186 Å². The van der Waals surface area contributed by atoms with E-state index >= 15 is 0 Å². The Kier molecular flexibility index (Phi) is 5.61. The largest absolute Gasteiger partial charge is 0.392 e. The summed E-state index contributed by atoms with van der Waals surface area (Å²) in [7, 11) is 0. The first-order chi connectivity index (χ1) is 14.6. The summed E-state index contributed by atoms with van der Waals surface area (Å²) in [6, 6.07) is 6.54. The number of rotatable bonds is 4. The van der Waals surface area contributed by atoms with Gasteiger partial charge in [-0.15, -0.1) is 0 Å². The van der Waals surface area contributed by atoms with Crippen molar-refractivity contribution in [3.63, 3.8) is 0 Å². The summed E-state index contributed by atoms with van der Waals surface area (Å²) >= 11 is 5.36. The van der Waals surface area contributed by atoms with Crippen LogP contribution in [0.4, 0.5) is 11.4 Å². The molecule has 0 spiro atoms. The Hall–Kier alpha value is -2.36. The molecule has 1 saturated heterocycles. The topological polar surface area (TPSA) is 120 Å². The van der Waals surface area contributed by atoms with E-state index in [9.17, 15) is 19.5 Å². The van der Waals surface area contributed by atoms with Crippen molar-refractivity contribution in [3.05, 3.63) is 24.3 Å². The molecule has 2 aliphatic carbocycles. The van der Waals surface area contributed by atoms with Crippen molar-refractivity contribution >= 4 is 46.3 Å². The van der Waals surface area contributed by atoms with Crippen molar-refractivity contribution in [2.24, 2.45) is 16.7 Å². The highest BCUT2D eigenvalue weighted by Crippen LogP contribution is 2.63. The number of aliphatic hydroxyl groups is 1. The minimum absolute atomic E-state index is 0.00651. The number of ketones is 1. The molecule has 1 aromatic carbocycles. The second-order valence-corrected chi connectivity index (χ2v) is 9.69. The number of carbonyl (C=O) groups excluding carboxylic acids is 3. The quantitative estimate of drug-likeness (QED) is 0.353. The number of benzene rings is 1. The van der Waals surface area contributed by atoms with E-state index in [2.05, 4.69) is 21.3 Å². The zero-order valence-electron chi connectivity index (χ0n) is 17.7. The smallest absolute Gasteiger partial charge is 0.241 e. The molecule has 8 nitrogen and oxygen atoms in total. The summed E-state index contributed by atoms with van der Waals surface area (Å²) in [5.41, 5.74) is -0.400. The normalized spacial score (nSPS) is 30.8. The molecular formula is C22H28N4O4S. The third-order valence-electron chi connectivity index (χ3n) is 7.37. The summed E-state index contributed by atoms with van der Waals surface area (Å²) in [6.07, 6.45) is 1.67. The second-order valence-electron chi connectivity index (χ2n) is 9.28. The number of carbonyl (C=O) groups is 3. The van der Waals surface area contributed by atoms with Gasteiger partial charge in [-0.2, -0.15) is 0 Å². The van der Waals surface area contributed by atoms with Gasteiger partial charge in [0.25, 0.3) is 0 Å². The van der Waals surface area contributed by atoms with Crippen molar-refractivity contribution in [1.29, 1.82) is 0 Å². The molecule has 0 unspecified atom stereocenters. The lowest BCUT2D eigenvalue weighted by atomic mass is 9.68. The Morgan fingerprint density at radius 1 is 1.19 bits per heavy atom. The third-order valence-corrected chi connectivity index (χ3v) is 7.57. The summed E-state index contributed by atoms with van der Waals surface area (Å²) in [5.74, 6) is -0.389. The van der Waals surface area contributed by atoms with Crippen LogP contribution in [0, 0.1) is 16.7 Å². The molecule has 1 aromatic rings. The fourth-order valence-corrected chi connectivity index (χ4v) is 5.61. The Bertz CT molecular complexity index is 949. The SMILES string of the molecule is CC1(C)[C@@H]2CC[C@]1(C(=O)NC(=S)Nc1ccccc1NC(=O)[C@@H]1C[C@@H](O)CN1)C(=O)C2. The van der Waals surface area contributed by atoms with Crippen LogP contribution in [-0.2, 0) is 14.4 Å². The average Bonchev–Trinajstić information content (AvgIpc) is 3.31. The van der Waals surface area contributed by atoms with E-state index in [-0.39, 0.29) is 28.6 Å². The van der Waals surface area contributed by atoms with Crippen LogP contribution in [0.5, 0.6) is 0 Å². The minimum atomic E-state index is -1.04. The molecule has 3 fully saturated rings. The van der Waals surface area contributed by atoms with Gasteiger partial charge < -0.3 is 26.4 Å². The molecule has 9 heteroatoms. The Morgan fingerprint density at radius 2 is 1.87 bits per heavy atom. The van der Waals surface area contributed by atoms with Gasteiger partial charge in [0.15, 0.2) is 5.11 Å². The molecule has 2 saturated carbocycles. The van der Waals surface area contributed by atoms with Crippen LogP contribution < -0.4 is 21.3 Å².